The van der Waals surface area contributed by atoms with E-state index in [4.69, 9.17) is 32.7 Å². The molecule has 0 atom stereocenters. The minimum absolute atomic E-state index is 0.217. The molecule has 1 heterocycles. The largest absolute Gasteiger partial charge is 0.493 e. The molecule has 0 aliphatic carbocycles. The average Bonchev–Trinajstić information content (AvgIpc) is 3.11. The van der Waals surface area contributed by atoms with Gasteiger partial charge in [-0.05, 0) is 61.0 Å². The lowest BCUT2D eigenvalue weighted by Gasteiger charge is -2.11. The number of carbonyl (C=O) groups excluding carboxylic acids is 1. The summed E-state index contributed by atoms with van der Waals surface area (Å²) in [5, 5.41) is 0.658. The molecule has 0 amide bonds. The number of aromatic nitrogens is 2. The molecule has 7 heteroatoms. The topological polar surface area (TPSA) is 64.2 Å². The Morgan fingerprint density at radius 2 is 1.83 bits per heavy atom. The van der Waals surface area contributed by atoms with Gasteiger partial charge in [0.15, 0.2) is 11.5 Å². The van der Waals surface area contributed by atoms with Crippen LogP contribution in [-0.2, 0) is 0 Å². The van der Waals surface area contributed by atoms with Crippen LogP contribution in [0.15, 0.2) is 54.6 Å². The fourth-order valence-electron chi connectivity index (χ4n) is 2.97. The first-order valence-corrected chi connectivity index (χ1v) is 9.52. The number of rotatable bonds is 4. The van der Waals surface area contributed by atoms with Crippen molar-refractivity contribution in [3.8, 4) is 22.9 Å². The van der Waals surface area contributed by atoms with E-state index in [-0.39, 0.29) is 16.3 Å². The second-order valence-electron chi connectivity index (χ2n) is 6.49. The van der Waals surface area contributed by atoms with E-state index in [1.54, 1.807) is 24.3 Å². The van der Waals surface area contributed by atoms with Gasteiger partial charge < -0.3 is 14.5 Å². The van der Waals surface area contributed by atoms with Gasteiger partial charge in [0.1, 0.15) is 5.82 Å². The van der Waals surface area contributed by atoms with Crippen LogP contribution in [0.4, 0.5) is 0 Å². The number of esters is 1. The van der Waals surface area contributed by atoms with Gasteiger partial charge >= 0.3 is 5.97 Å². The number of halogens is 2. The molecule has 0 saturated heterocycles. The quantitative estimate of drug-likeness (QED) is 0.317. The molecule has 146 valence electrons. The van der Waals surface area contributed by atoms with Crippen molar-refractivity contribution in [3.05, 3.63) is 75.8 Å². The van der Waals surface area contributed by atoms with Gasteiger partial charge in [-0.1, -0.05) is 29.3 Å². The number of ether oxygens (including phenoxy) is 2. The zero-order valence-electron chi connectivity index (χ0n) is 15.6. The number of nitrogens with zero attached hydrogens (tertiary/aromatic N) is 1. The summed E-state index contributed by atoms with van der Waals surface area (Å²) >= 11 is 12.0. The lowest BCUT2D eigenvalue weighted by atomic mass is 10.2. The summed E-state index contributed by atoms with van der Waals surface area (Å²) in [5.74, 6) is 0.774. The highest BCUT2D eigenvalue weighted by atomic mass is 35.5. The van der Waals surface area contributed by atoms with Crippen LogP contribution in [0.3, 0.4) is 0 Å². The Morgan fingerprint density at radius 1 is 1.00 bits per heavy atom. The molecular formula is C22H16Cl2N2O3. The van der Waals surface area contributed by atoms with Crippen LogP contribution in [0.2, 0.25) is 10.0 Å². The minimum atomic E-state index is -0.600. The number of fused-ring (bicyclic) bond motifs is 1. The third kappa shape index (κ3) is 3.92. The number of nitrogens with one attached hydrogen (secondary N) is 1. The van der Waals surface area contributed by atoms with Gasteiger partial charge in [0.2, 0.25) is 0 Å². The molecule has 0 spiro atoms. The van der Waals surface area contributed by atoms with E-state index in [1.165, 1.54) is 19.2 Å². The third-order valence-corrected chi connectivity index (χ3v) is 4.98. The monoisotopic (exact) mass is 426 g/mol. The highest BCUT2D eigenvalue weighted by molar-refractivity contribution is 6.36. The number of aromatic amines is 1. The van der Waals surface area contributed by atoms with E-state index < -0.39 is 5.97 Å². The fraction of sp³-hybridized carbons (Fsp3) is 0.0909. The predicted molar refractivity (Wildman–Crippen MR) is 114 cm³/mol. The maximum Gasteiger partial charge on any atom is 0.345 e. The van der Waals surface area contributed by atoms with E-state index in [9.17, 15) is 4.79 Å². The summed E-state index contributed by atoms with van der Waals surface area (Å²) in [7, 11) is 1.51. The van der Waals surface area contributed by atoms with Gasteiger partial charge in [-0.15, -0.1) is 0 Å². The van der Waals surface area contributed by atoms with Gasteiger partial charge in [-0.25, -0.2) is 9.78 Å². The van der Waals surface area contributed by atoms with E-state index in [1.807, 2.05) is 25.1 Å². The maximum absolute atomic E-state index is 12.5. The zero-order valence-corrected chi connectivity index (χ0v) is 17.1. The summed E-state index contributed by atoms with van der Waals surface area (Å²) < 4.78 is 10.9. The average molecular weight is 427 g/mol. The van der Waals surface area contributed by atoms with Gasteiger partial charge in [-0.3, -0.25) is 0 Å². The molecule has 0 radical (unpaired) electrons. The summed E-state index contributed by atoms with van der Waals surface area (Å²) in [6, 6.07) is 15.8. The second-order valence-corrected chi connectivity index (χ2v) is 7.33. The van der Waals surface area contributed by atoms with Crippen LogP contribution >= 0.6 is 23.2 Å². The van der Waals surface area contributed by atoms with Gasteiger partial charge in [0.25, 0.3) is 0 Å². The van der Waals surface area contributed by atoms with Crippen molar-refractivity contribution in [2.45, 2.75) is 6.92 Å². The van der Waals surface area contributed by atoms with Crippen LogP contribution < -0.4 is 9.47 Å². The van der Waals surface area contributed by atoms with Crippen molar-refractivity contribution in [1.29, 1.82) is 0 Å². The van der Waals surface area contributed by atoms with Crippen LogP contribution in [0, 0.1) is 6.92 Å². The Labute approximate surface area is 177 Å². The molecule has 0 unspecified atom stereocenters. The molecule has 0 bridgehead atoms. The maximum atomic E-state index is 12.5. The van der Waals surface area contributed by atoms with Crippen molar-refractivity contribution in [2.75, 3.05) is 7.11 Å². The number of imidazole rings is 1. The molecule has 0 fully saturated rings. The van der Waals surface area contributed by atoms with Crippen LogP contribution in [0.5, 0.6) is 11.5 Å². The summed E-state index contributed by atoms with van der Waals surface area (Å²) in [5.41, 5.74) is 3.99. The lowest BCUT2D eigenvalue weighted by Crippen LogP contribution is -2.10. The molecule has 3 aromatic carbocycles. The first-order valence-electron chi connectivity index (χ1n) is 8.76. The van der Waals surface area contributed by atoms with Crippen molar-refractivity contribution in [1.82, 2.24) is 9.97 Å². The normalized spacial score (nSPS) is 10.9. The van der Waals surface area contributed by atoms with Crippen molar-refractivity contribution >= 4 is 40.2 Å². The summed E-state index contributed by atoms with van der Waals surface area (Å²) in [6.07, 6.45) is 0. The van der Waals surface area contributed by atoms with Crippen molar-refractivity contribution in [3.63, 3.8) is 0 Å². The van der Waals surface area contributed by atoms with Crippen LogP contribution in [-0.4, -0.2) is 23.0 Å². The molecule has 0 saturated carbocycles. The van der Waals surface area contributed by atoms with Gasteiger partial charge in [-0.2, -0.15) is 0 Å². The SMILES string of the molecule is COc1cc(-c2nc3ccc(C)cc3[nH]2)ccc1OC(=O)c1ccc(Cl)cc1Cl. The highest BCUT2D eigenvalue weighted by Crippen LogP contribution is 2.33. The van der Waals surface area contributed by atoms with Crippen LogP contribution in [0.1, 0.15) is 15.9 Å². The van der Waals surface area contributed by atoms with E-state index >= 15 is 0 Å². The molecule has 5 nitrogen and oxygen atoms in total. The Hall–Kier alpha value is -3.02. The Balaban J connectivity index is 1.64. The number of aryl methyl sites for hydroxylation is 1. The van der Waals surface area contributed by atoms with E-state index in [0.717, 1.165) is 22.2 Å². The molecule has 1 N–H and O–H groups in total. The lowest BCUT2D eigenvalue weighted by molar-refractivity contribution is 0.0730. The molecule has 29 heavy (non-hydrogen) atoms. The number of hydrogen-bond acceptors (Lipinski definition) is 4. The standard InChI is InChI=1S/C22H16Cl2N2O3/c1-12-3-7-17-18(9-12)26-21(25-17)13-4-8-19(20(10-13)28-2)29-22(27)15-6-5-14(23)11-16(15)24/h3-11H,1-2H3,(H,25,26). The number of hydrogen-bond donors (Lipinski definition) is 1. The fourth-order valence-corrected chi connectivity index (χ4v) is 3.45. The van der Waals surface area contributed by atoms with Crippen molar-refractivity contribution in [2.24, 2.45) is 0 Å². The summed E-state index contributed by atoms with van der Waals surface area (Å²) in [4.78, 5) is 20.4. The predicted octanol–water partition coefficient (Wildman–Crippen LogP) is 6.07. The number of methoxy groups -OCH3 is 1. The molecule has 4 aromatic rings. The van der Waals surface area contributed by atoms with E-state index in [2.05, 4.69) is 9.97 Å². The van der Waals surface area contributed by atoms with Crippen LogP contribution in [0.25, 0.3) is 22.4 Å². The van der Waals surface area contributed by atoms with Crippen molar-refractivity contribution < 1.29 is 14.3 Å². The molecule has 0 aliphatic rings. The second kappa shape index (κ2) is 7.78. The first-order chi connectivity index (χ1) is 13.9. The highest BCUT2D eigenvalue weighted by Gasteiger charge is 2.17. The smallest absolute Gasteiger partial charge is 0.345 e. The third-order valence-electron chi connectivity index (χ3n) is 4.43. The minimum Gasteiger partial charge on any atom is -0.493 e. The molecule has 1 aromatic heterocycles. The zero-order chi connectivity index (χ0) is 20.5. The Bertz CT molecular complexity index is 1230. The molecular weight excluding hydrogens is 411 g/mol. The Kier molecular flexibility index (Phi) is 5.18. The number of H-pyrrole nitrogens is 1. The van der Waals surface area contributed by atoms with E-state index in [0.29, 0.717) is 16.6 Å². The van der Waals surface area contributed by atoms with Gasteiger partial charge in [0.05, 0.1) is 28.7 Å². The summed E-state index contributed by atoms with van der Waals surface area (Å²) in [6.45, 7) is 2.03. The number of benzene rings is 3. The molecule has 0 aliphatic heterocycles. The number of carbonyl (C=O) groups is 1. The Morgan fingerprint density at radius 3 is 2.59 bits per heavy atom. The first kappa shape index (κ1) is 19.3. The van der Waals surface area contributed by atoms with Gasteiger partial charge in [0, 0.05) is 10.6 Å². The molecule has 4 rings (SSSR count).